The fourth-order valence-corrected chi connectivity index (χ4v) is 4.51. The summed E-state index contributed by atoms with van der Waals surface area (Å²) in [5, 5.41) is 3.10. The predicted octanol–water partition coefficient (Wildman–Crippen LogP) is 1.33. The Balaban J connectivity index is 1.69. The number of carbonyl (C=O) groups excluding carboxylic acids is 2. The van der Waals surface area contributed by atoms with Crippen molar-refractivity contribution in [3.63, 3.8) is 0 Å². The number of amides is 1. The zero-order valence-electron chi connectivity index (χ0n) is 14.8. The van der Waals surface area contributed by atoms with Crippen molar-refractivity contribution in [3.05, 3.63) is 24.3 Å². The second-order valence-electron chi connectivity index (χ2n) is 8.08. The molecule has 134 valence electrons. The van der Waals surface area contributed by atoms with E-state index in [-0.39, 0.29) is 11.9 Å². The first-order chi connectivity index (χ1) is 11.8. The zero-order chi connectivity index (χ0) is 17.9. The van der Waals surface area contributed by atoms with Crippen molar-refractivity contribution in [1.82, 2.24) is 15.3 Å². The molecule has 0 spiro atoms. The van der Waals surface area contributed by atoms with Gasteiger partial charge < -0.3 is 14.8 Å². The van der Waals surface area contributed by atoms with Gasteiger partial charge in [0.2, 0.25) is 0 Å². The molecule has 25 heavy (non-hydrogen) atoms. The van der Waals surface area contributed by atoms with E-state index in [2.05, 4.69) is 15.3 Å². The van der Waals surface area contributed by atoms with E-state index >= 15 is 0 Å². The minimum Gasteiger partial charge on any atom is -0.448 e. The number of nitrogens with one attached hydrogen (secondary N) is 1. The Hall–Kier alpha value is -2.02. The van der Waals surface area contributed by atoms with Crippen LogP contribution in [0, 0.1) is 10.8 Å². The Bertz CT molecular complexity index is 729. The van der Waals surface area contributed by atoms with E-state index in [9.17, 15) is 9.59 Å². The maximum Gasteiger partial charge on any atom is 0.313 e. The quantitative estimate of drug-likeness (QED) is 0.831. The van der Waals surface area contributed by atoms with Crippen LogP contribution in [0.3, 0.4) is 0 Å². The summed E-state index contributed by atoms with van der Waals surface area (Å²) in [6.07, 6.45) is 5.07. The molecule has 1 N–H and O–H groups in total. The van der Waals surface area contributed by atoms with Crippen LogP contribution in [0.15, 0.2) is 18.5 Å². The number of aromatic nitrogens is 2. The van der Waals surface area contributed by atoms with E-state index in [1.807, 2.05) is 20.8 Å². The zero-order valence-corrected chi connectivity index (χ0v) is 14.8. The van der Waals surface area contributed by atoms with Crippen LogP contribution in [-0.4, -0.2) is 40.7 Å². The van der Waals surface area contributed by atoms with Crippen LogP contribution in [0.25, 0.3) is 0 Å². The summed E-state index contributed by atoms with van der Waals surface area (Å²) in [6, 6.07) is 1.73. The van der Waals surface area contributed by atoms with Crippen LogP contribution in [-0.2, 0) is 24.6 Å². The molecule has 1 aliphatic carbocycles. The van der Waals surface area contributed by atoms with Crippen molar-refractivity contribution in [1.29, 1.82) is 0 Å². The lowest BCUT2D eigenvalue weighted by Crippen LogP contribution is -2.59. The van der Waals surface area contributed by atoms with Gasteiger partial charge in [0.05, 0.1) is 12.0 Å². The normalized spacial score (nSPS) is 38.6. The Labute approximate surface area is 146 Å². The minimum absolute atomic E-state index is 0.273. The van der Waals surface area contributed by atoms with Gasteiger partial charge in [-0.05, 0) is 25.8 Å². The van der Waals surface area contributed by atoms with Crippen LogP contribution in [0.4, 0.5) is 0 Å². The third-order valence-electron chi connectivity index (χ3n) is 6.82. The standard InChI is InChI=1S/C18H23N3O4/c1-15(2)16(3)5-6-18(15,25-14(16)23)13(22)21-17(7-10-24-11-17)12-19-8-4-9-20-12/h4,8-9H,5-7,10-11H2,1-3H3,(H,21,22)/t16-,17?,18+/m0/s1. The summed E-state index contributed by atoms with van der Waals surface area (Å²) in [4.78, 5) is 34.4. The highest BCUT2D eigenvalue weighted by atomic mass is 16.6. The van der Waals surface area contributed by atoms with Gasteiger partial charge in [-0.3, -0.25) is 9.59 Å². The average Bonchev–Trinajstić information content (AvgIpc) is 3.18. The predicted molar refractivity (Wildman–Crippen MR) is 87.2 cm³/mol. The van der Waals surface area contributed by atoms with Crippen molar-refractivity contribution in [3.8, 4) is 0 Å². The van der Waals surface area contributed by atoms with Crippen LogP contribution in [0.5, 0.6) is 0 Å². The van der Waals surface area contributed by atoms with Gasteiger partial charge >= 0.3 is 5.97 Å². The number of rotatable bonds is 3. The van der Waals surface area contributed by atoms with E-state index < -0.39 is 22.0 Å². The van der Waals surface area contributed by atoms with Crippen LogP contribution in [0.1, 0.15) is 45.9 Å². The average molecular weight is 345 g/mol. The summed E-state index contributed by atoms with van der Waals surface area (Å²) in [5.74, 6) is -0.0308. The van der Waals surface area contributed by atoms with Gasteiger partial charge in [0.25, 0.3) is 5.91 Å². The summed E-state index contributed by atoms with van der Waals surface area (Å²) in [5.41, 5.74) is -3.15. The van der Waals surface area contributed by atoms with Crippen LogP contribution in [0.2, 0.25) is 0 Å². The van der Waals surface area contributed by atoms with Gasteiger partial charge in [0.1, 0.15) is 5.54 Å². The highest BCUT2D eigenvalue weighted by molar-refractivity contribution is 5.96. The van der Waals surface area contributed by atoms with Crippen molar-refractivity contribution in [2.45, 2.75) is 51.2 Å². The van der Waals surface area contributed by atoms with E-state index in [4.69, 9.17) is 9.47 Å². The van der Waals surface area contributed by atoms with Gasteiger partial charge in [-0.25, -0.2) is 9.97 Å². The summed E-state index contributed by atoms with van der Waals surface area (Å²) in [7, 11) is 0. The molecule has 0 aromatic carbocycles. The first-order valence-corrected chi connectivity index (χ1v) is 8.69. The van der Waals surface area contributed by atoms with E-state index in [1.54, 1.807) is 18.5 Å². The highest BCUT2D eigenvalue weighted by Gasteiger charge is 2.76. The Morgan fingerprint density at radius 2 is 1.88 bits per heavy atom. The molecule has 3 heterocycles. The first-order valence-electron chi connectivity index (χ1n) is 8.69. The summed E-state index contributed by atoms with van der Waals surface area (Å²) in [6.45, 7) is 6.62. The van der Waals surface area contributed by atoms with E-state index in [1.165, 1.54) is 0 Å². The third kappa shape index (κ3) is 1.90. The maximum absolute atomic E-state index is 13.4. The molecule has 3 fully saturated rings. The van der Waals surface area contributed by atoms with Crippen molar-refractivity contribution in [2.75, 3.05) is 13.2 Å². The monoisotopic (exact) mass is 345 g/mol. The molecule has 2 aliphatic heterocycles. The molecule has 1 amide bonds. The molecule has 1 aromatic rings. The SMILES string of the molecule is CC1(C)[C@@]2(C)CC[C@]1(C(=O)NC1(c3ncccn3)CCOC1)OC2=O. The largest absolute Gasteiger partial charge is 0.448 e. The number of ether oxygens (including phenoxy) is 2. The number of hydrogen-bond acceptors (Lipinski definition) is 6. The molecule has 2 bridgehead atoms. The van der Waals surface area contributed by atoms with Gasteiger partial charge in [0, 0.05) is 30.8 Å². The maximum atomic E-state index is 13.4. The first kappa shape index (κ1) is 16.4. The number of nitrogens with zero attached hydrogens (tertiary/aromatic N) is 2. The second kappa shape index (κ2) is 5.00. The molecular formula is C18H23N3O4. The molecule has 0 radical (unpaired) electrons. The minimum atomic E-state index is -1.15. The lowest BCUT2D eigenvalue weighted by molar-refractivity contribution is -0.169. The van der Waals surface area contributed by atoms with Crippen LogP contribution < -0.4 is 5.32 Å². The van der Waals surface area contributed by atoms with Crippen molar-refractivity contribution < 1.29 is 19.1 Å². The van der Waals surface area contributed by atoms with Gasteiger partial charge in [-0.2, -0.15) is 0 Å². The van der Waals surface area contributed by atoms with E-state index in [0.717, 1.165) is 0 Å². The lowest BCUT2D eigenvalue weighted by atomic mass is 9.66. The molecule has 3 atom stereocenters. The number of fused-ring (bicyclic) bond motifs is 2. The Kier molecular flexibility index (Phi) is 3.29. The molecule has 7 heteroatoms. The topological polar surface area (TPSA) is 90.4 Å². The molecule has 3 aliphatic rings. The van der Waals surface area contributed by atoms with Crippen molar-refractivity contribution >= 4 is 11.9 Å². The summed E-state index contributed by atoms with van der Waals surface area (Å²) >= 11 is 0. The lowest BCUT2D eigenvalue weighted by Gasteiger charge is -2.38. The molecule has 7 nitrogen and oxygen atoms in total. The molecule has 4 rings (SSSR count). The van der Waals surface area contributed by atoms with Crippen molar-refractivity contribution in [2.24, 2.45) is 10.8 Å². The Morgan fingerprint density at radius 3 is 2.40 bits per heavy atom. The third-order valence-corrected chi connectivity index (χ3v) is 6.82. The molecule has 1 aromatic heterocycles. The van der Waals surface area contributed by atoms with Gasteiger partial charge in [0.15, 0.2) is 11.4 Å². The molecular weight excluding hydrogens is 322 g/mol. The number of carbonyl (C=O) groups is 2. The second-order valence-corrected chi connectivity index (χ2v) is 8.08. The smallest absolute Gasteiger partial charge is 0.313 e. The number of hydrogen-bond donors (Lipinski definition) is 1. The van der Waals surface area contributed by atoms with Crippen LogP contribution >= 0.6 is 0 Å². The van der Waals surface area contributed by atoms with Gasteiger partial charge in [-0.1, -0.05) is 13.8 Å². The number of esters is 1. The fourth-order valence-electron chi connectivity index (χ4n) is 4.51. The Morgan fingerprint density at radius 1 is 1.16 bits per heavy atom. The van der Waals surface area contributed by atoms with Gasteiger partial charge in [-0.15, -0.1) is 0 Å². The van der Waals surface area contributed by atoms with E-state index in [0.29, 0.717) is 38.3 Å². The molecule has 1 unspecified atom stereocenters. The highest BCUT2D eigenvalue weighted by Crippen LogP contribution is 2.65. The fraction of sp³-hybridized carbons (Fsp3) is 0.667. The molecule has 1 saturated carbocycles. The summed E-state index contributed by atoms with van der Waals surface area (Å²) < 4.78 is 11.2. The molecule has 2 saturated heterocycles.